The first-order valence-corrected chi connectivity index (χ1v) is 5.29. The highest BCUT2D eigenvalue weighted by atomic mass is 16.1. The van der Waals surface area contributed by atoms with E-state index >= 15 is 0 Å². The van der Waals surface area contributed by atoms with Crippen LogP contribution >= 0.6 is 0 Å². The van der Waals surface area contributed by atoms with Crippen molar-refractivity contribution in [1.82, 2.24) is 0 Å². The van der Waals surface area contributed by atoms with Crippen LogP contribution < -0.4 is 0 Å². The Hall–Kier alpha value is -0.850. The van der Waals surface area contributed by atoms with Crippen LogP contribution in [0.25, 0.3) is 0 Å². The third kappa shape index (κ3) is 1.97. The molecule has 1 aliphatic carbocycles. The van der Waals surface area contributed by atoms with E-state index in [0.717, 1.165) is 5.57 Å². The molecule has 0 bridgehead atoms. The van der Waals surface area contributed by atoms with Crippen LogP contribution in [0.1, 0.15) is 27.7 Å². The summed E-state index contributed by atoms with van der Waals surface area (Å²) in [5.74, 6) is 1.55. The standard InChI is InChI=1S/C13H20O/c1-8(2)12-9(3)6-7-10(4)13(12)11(5)14/h6-7,9-10,12-13H,1H2,2-5H3. The van der Waals surface area contributed by atoms with Crippen molar-refractivity contribution in [2.75, 3.05) is 0 Å². The van der Waals surface area contributed by atoms with Gasteiger partial charge in [0.25, 0.3) is 0 Å². The molecule has 0 saturated carbocycles. The lowest BCUT2D eigenvalue weighted by Crippen LogP contribution is -2.34. The Morgan fingerprint density at radius 2 is 1.50 bits per heavy atom. The zero-order chi connectivity index (χ0) is 10.9. The van der Waals surface area contributed by atoms with Crippen LogP contribution in [0, 0.1) is 23.7 Å². The first-order valence-electron chi connectivity index (χ1n) is 5.29. The van der Waals surface area contributed by atoms with Crippen LogP contribution in [0.4, 0.5) is 0 Å². The number of hydrogen-bond donors (Lipinski definition) is 0. The van der Waals surface area contributed by atoms with Gasteiger partial charge in [0, 0.05) is 5.92 Å². The summed E-state index contributed by atoms with van der Waals surface area (Å²) >= 11 is 0. The molecular weight excluding hydrogens is 172 g/mol. The fourth-order valence-electron chi connectivity index (χ4n) is 2.62. The van der Waals surface area contributed by atoms with Crippen LogP contribution in [0.5, 0.6) is 0 Å². The molecule has 0 aliphatic heterocycles. The smallest absolute Gasteiger partial charge is 0.134 e. The molecule has 0 fully saturated rings. The third-order valence-electron chi connectivity index (χ3n) is 3.28. The van der Waals surface area contributed by atoms with E-state index in [4.69, 9.17) is 0 Å². The van der Waals surface area contributed by atoms with E-state index in [1.54, 1.807) is 6.92 Å². The van der Waals surface area contributed by atoms with Crippen molar-refractivity contribution in [3.05, 3.63) is 24.3 Å². The van der Waals surface area contributed by atoms with E-state index in [-0.39, 0.29) is 5.92 Å². The van der Waals surface area contributed by atoms with Crippen LogP contribution in [0.3, 0.4) is 0 Å². The number of hydrogen-bond acceptors (Lipinski definition) is 1. The first kappa shape index (κ1) is 11.2. The third-order valence-corrected chi connectivity index (χ3v) is 3.28. The summed E-state index contributed by atoms with van der Waals surface area (Å²) in [4.78, 5) is 11.6. The summed E-state index contributed by atoms with van der Waals surface area (Å²) in [6.45, 7) is 12.0. The van der Waals surface area contributed by atoms with Gasteiger partial charge in [-0.05, 0) is 31.6 Å². The Balaban J connectivity index is 3.02. The molecule has 1 nitrogen and oxygen atoms in total. The van der Waals surface area contributed by atoms with Crippen molar-refractivity contribution in [3.63, 3.8) is 0 Å². The number of rotatable bonds is 2. The quantitative estimate of drug-likeness (QED) is 0.614. The average molecular weight is 192 g/mol. The molecule has 14 heavy (non-hydrogen) atoms. The molecule has 0 aromatic carbocycles. The minimum atomic E-state index is 0.132. The Kier molecular flexibility index (Phi) is 3.30. The molecular formula is C13H20O. The number of ketones is 1. The minimum Gasteiger partial charge on any atom is -0.300 e. The molecule has 78 valence electrons. The van der Waals surface area contributed by atoms with Gasteiger partial charge in [-0.2, -0.15) is 0 Å². The van der Waals surface area contributed by atoms with Gasteiger partial charge in [-0.15, -0.1) is 0 Å². The van der Waals surface area contributed by atoms with Crippen molar-refractivity contribution in [2.24, 2.45) is 23.7 Å². The molecule has 0 saturated heterocycles. The van der Waals surface area contributed by atoms with Crippen LogP contribution in [-0.4, -0.2) is 5.78 Å². The SMILES string of the molecule is C=C(C)C1C(C)C=CC(C)C1C(C)=O. The predicted molar refractivity (Wildman–Crippen MR) is 59.9 cm³/mol. The molecule has 0 radical (unpaired) electrons. The largest absolute Gasteiger partial charge is 0.300 e. The second-order valence-electron chi connectivity index (χ2n) is 4.61. The molecule has 0 heterocycles. The van der Waals surface area contributed by atoms with E-state index in [1.807, 2.05) is 6.92 Å². The lowest BCUT2D eigenvalue weighted by Gasteiger charge is -2.36. The fraction of sp³-hybridized carbons (Fsp3) is 0.615. The average Bonchev–Trinajstić information content (AvgIpc) is 2.07. The lowest BCUT2D eigenvalue weighted by molar-refractivity contribution is -0.123. The molecule has 0 spiro atoms. The predicted octanol–water partition coefficient (Wildman–Crippen LogP) is 3.23. The Bertz CT molecular complexity index is 247. The molecule has 0 N–H and O–H groups in total. The summed E-state index contributed by atoms with van der Waals surface area (Å²) in [6, 6.07) is 0. The van der Waals surface area contributed by atoms with Crippen LogP contribution in [0.15, 0.2) is 24.3 Å². The number of Topliss-reactive ketones (excluding diaryl/α,β-unsaturated/α-hetero) is 1. The number of allylic oxidation sites excluding steroid dienone is 3. The van der Waals surface area contributed by atoms with Gasteiger partial charge in [-0.25, -0.2) is 0 Å². The molecule has 4 atom stereocenters. The van der Waals surface area contributed by atoms with Crippen molar-refractivity contribution < 1.29 is 4.79 Å². The highest BCUT2D eigenvalue weighted by Gasteiger charge is 2.35. The maximum Gasteiger partial charge on any atom is 0.134 e. The molecule has 0 amide bonds. The molecule has 0 aromatic rings. The van der Waals surface area contributed by atoms with E-state index in [9.17, 15) is 4.79 Å². The van der Waals surface area contributed by atoms with Gasteiger partial charge >= 0.3 is 0 Å². The highest BCUT2D eigenvalue weighted by molar-refractivity contribution is 5.79. The van der Waals surface area contributed by atoms with Crippen molar-refractivity contribution in [1.29, 1.82) is 0 Å². The maximum atomic E-state index is 11.6. The minimum absolute atomic E-state index is 0.132. The number of carbonyl (C=O) groups is 1. The molecule has 1 rings (SSSR count). The summed E-state index contributed by atoms with van der Waals surface area (Å²) in [6.07, 6.45) is 4.37. The van der Waals surface area contributed by atoms with Gasteiger partial charge in [-0.1, -0.05) is 38.2 Å². The van der Waals surface area contributed by atoms with Crippen LogP contribution in [-0.2, 0) is 4.79 Å². The van der Waals surface area contributed by atoms with Gasteiger partial charge < -0.3 is 0 Å². The first-order chi connectivity index (χ1) is 6.45. The normalized spacial score (nSPS) is 36.9. The molecule has 1 heteroatoms. The molecule has 0 aromatic heterocycles. The Labute approximate surface area is 86.9 Å². The summed E-state index contributed by atoms with van der Waals surface area (Å²) in [5.41, 5.74) is 1.13. The Morgan fingerprint density at radius 1 is 1.07 bits per heavy atom. The van der Waals surface area contributed by atoms with Gasteiger partial charge in [0.15, 0.2) is 0 Å². The second-order valence-corrected chi connectivity index (χ2v) is 4.61. The lowest BCUT2D eigenvalue weighted by atomic mass is 9.67. The van der Waals surface area contributed by atoms with E-state index in [1.165, 1.54) is 0 Å². The summed E-state index contributed by atoms with van der Waals surface area (Å²) < 4.78 is 0. The van der Waals surface area contributed by atoms with E-state index in [0.29, 0.717) is 23.5 Å². The zero-order valence-electron chi connectivity index (χ0n) is 9.58. The zero-order valence-corrected chi connectivity index (χ0v) is 9.58. The monoisotopic (exact) mass is 192 g/mol. The molecule has 1 aliphatic rings. The number of carbonyl (C=O) groups excluding carboxylic acids is 1. The van der Waals surface area contributed by atoms with Gasteiger partial charge in [0.2, 0.25) is 0 Å². The maximum absolute atomic E-state index is 11.6. The van der Waals surface area contributed by atoms with Gasteiger partial charge in [0.05, 0.1) is 0 Å². The van der Waals surface area contributed by atoms with E-state index in [2.05, 4.69) is 32.6 Å². The van der Waals surface area contributed by atoms with Crippen molar-refractivity contribution in [3.8, 4) is 0 Å². The van der Waals surface area contributed by atoms with E-state index < -0.39 is 0 Å². The van der Waals surface area contributed by atoms with Crippen molar-refractivity contribution >= 4 is 5.78 Å². The fourth-order valence-corrected chi connectivity index (χ4v) is 2.62. The van der Waals surface area contributed by atoms with Crippen LogP contribution in [0.2, 0.25) is 0 Å². The van der Waals surface area contributed by atoms with Gasteiger partial charge in [-0.3, -0.25) is 4.79 Å². The highest BCUT2D eigenvalue weighted by Crippen LogP contribution is 2.38. The van der Waals surface area contributed by atoms with Gasteiger partial charge in [0.1, 0.15) is 5.78 Å². The summed E-state index contributed by atoms with van der Waals surface area (Å²) in [5, 5.41) is 0. The second kappa shape index (κ2) is 4.12. The topological polar surface area (TPSA) is 17.1 Å². The van der Waals surface area contributed by atoms with Crippen molar-refractivity contribution in [2.45, 2.75) is 27.7 Å². The molecule has 4 unspecified atom stereocenters. The summed E-state index contributed by atoms with van der Waals surface area (Å²) in [7, 11) is 0. The Morgan fingerprint density at radius 3 is 1.79 bits per heavy atom.